The molecule has 22 heavy (non-hydrogen) atoms. The Labute approximate surface area is 128 Å². The van der Waals surface area contributed by atoms with Crippen LogP contribution in [0.4, 0.5) is 5.82 Å². The Morgan fingerprint density at radius 2 is 2.18 bits per heavy atom. The highest BCUT2D eigenvalue weighted by Gasteiger charge is 2.24. The molecule has 2 aromatic heterocycles. The third-order valence-corrected chi connectivity index (χ3v) is 4.00. The summed E-state index contributed by atoms with van der Waals surface area (Å²) in [6.45, 7) is 3.32. The molecule has 114 valence electrons. The van der Waals surface area contributed by atoms with E-state index in [2.05, 4.69) is 26.3 Å². The molecule has 1 atom stereocenters. The Balaban J connectivity index is 1.68. The van der Waals surface area contributed by atoms with Crippen molar-refractivity contribution in [1.29, 1.82) is 5.26 Å². The predicted molar refractivity (Wildman–Crippen MR) is 80.1 cm³/mol. The maximum atomic E-state index is 9.52. The van der Waals surface area contributed by atoms with Crippen molar-refractivity contribution < 1.29 is 5.11 Å². The highest BCUT2D eigenvalue weighted by molar-refractivity contribution is 5.53. The monoisotopic (exact) mass is 298 g/mol. The lowest BCUT2D eigenvalue weighted by Crippen LogP contribution is -2.35. The fourth-order valence-corrected chi connectivity index (χ4v) is 2.74. The summed E-state index contributed by atoms with van der Waals surface area (Å²) in [7, 11) is 0. The van der Waals surface area contributed by atoms with Gasteiger partial charge >= 0.3 is 0 Å². The van der Waals surface area contributed by atoms with E-state index in [1.165, 1.54) is 0 Å². The van der Waals surface area contributed by atoms with Crippen LogP contribution < -0.4 is 4.90 Å². The zero-order chi connectivity index (χ0) is 15.5. The van der Waals surface area contributed by atoms with Crippen molar-refractivity contribution in [3.05, 3.63) is 35.8 Å². The van der Waals surface area contributed by atoms with Gasteiger partial charge in [0.25, 0.3) is 0 Å². The molecule has 7 nitrogen and oxygen atoms in total. The van der Waals surface area contributed by atoms with E-state index in [1.54, 1.807) is 25.3 Å². The topological polar surface area (TPSA) is 90.9 Å². The van der Waals surface area contributed by atoms with Crippen molar-refractivity contribution in [2.45, 2.75) is 31.9 Å². The van der Waals surface area contributed by atoms with Crippen molar-refractivity contribution in [2.75, 3.05) is 18.0 Å². The van der Waals surface area contributed by atoms with Crippen molar-refractivity contribution in [2.24, 2.45) is 0 Å². The Kier molecular flexibility index (Phi) is 4.02. The summed E-state index contributed by atoms with van der Waals surface area (Å²) in [5.74, 6) is 0.756. The smallest absolute Gasteiger partial charge is 0.146 e. The number of aliphatic hydroxyl groups is 1. The lowest BCUT2D eigenvalue weighted by molar-refractivity contribution is 0.194. The molecule has 0 aromatic carbocycles. The number of pyridine rings is 1. The number of nitrogens with zero attached hydrogens (tertiary/aromatic N) is 6. The molecule has 0 spiro atoms. The molecule has 0 bridgehead atoms. The average molecular weight is 298 g/mol. The van der Waals surface area contributed by atoms with Gasteiger partial charge in [-0.3, -0.25) is 0 Å². The second kappa shape index (κ2) is 6.12. The Morgan fingerprint density at radius 1 is 1.41 bits per heavy atom. The first-order valence-corrected chi connectivity index (χ1v) is 7.39. The second-order valence-corrected chi connectivity index (χ2v) is 5.50. The van der Waals surface area contributed by atoms with Gasteiger partial charge < -0.3 is 10.0 Å². The minimum Gasteiger partial charge on any atom is -0.387 e. The number of piperidine rings is 1. The SMILES string of the molecule is CC(O)c1cn(C2CCN(c3ncccc3C#N)CC2)nn1. The van der Waals surface area contributed by atoms with Crippen LogP contribution in [0.1, 0.15) is 43.2 Å². The minimum absolute atomic E-state index is 0.269. The van der Waals surface area contributed by atoms with Gasteiger partial charge in [0.15, 0.2) is 0 Å². The van der Waals surface area contributed by atoms with E-state index in [-0.39, 0.29) is 6.04 Å². The number of aliphatic hydroxyl groups excluding tert-OH is 1. The Hall–Kier alpha value is -2.46. The first-order valence-electron chi connectivity index (χ1n) is 7.39. The first-order chi connectivity index (χ1) is 10.7. The third-order valence-electron chi connectivity index (χ3n) is 4.00. The standard InChI is InChI=1S/C15H18N6O/c1-11(22)14-10-21(19-18-14)13-4-7-20(8-5-13)15-12(9-16)3-2-6-17-15/h2-3,6,10-11,13,22H,4-5,7-8H2,1H3. The number of aromatic nitrogens is 4. The van der Waals surface area contributed by atoms with Crippen LogP contribution in [-0.2, 0) is 0 Å². The fourth-order valence-electron chi connectivity index (χ4n) is 2.74. The van der Waals surface area contributed by atoms with Gasteiger partial charge in [0.1, 0.15) is 17.6 Å². The third kappa shape index (κ3) is 2.78. The maximum Gasteiger partial charge on any atom is 0.146 e. The molecule has 7 heteroatoms. The van der Waals surface area contributed by atoms with Crippen LogP contribution in [0.15, 0.2) is 24.5 Å². The van der Waals surface area contributed by atoms with E-state index >= 15 is 0 Å². The van der Waals surface area contributed by atoms with Crippen LogP contribution in [0.5, 0.6) is 0 Å². The molecule has 0 amide bonds. The fraction of sp³-hybridized carbons (Fsp3) is 0.467. The van der Waals surface area contributed by atoms with Crippen molar-refractivity contribution in [3.63, 3.8) is 0 Å². The van der Waals surface area contributed by atoms with E-state index in [0.29, 0.717) is 11.3 Å². The molecule has 0 saturated carbocycles. The van der Waals surface area contributed by atoms with Crippen LogP contribution >= 0.6 is 0 Å². The Bertz CT molecular complexity index is 681. The highest BCUT2D eigenvalue weighted by Crippen LogP contribution is 2.27. The molecule has 2 aromatic rings. The van der Waals surface area contributed by atoms with Gasteiger partial charge in [-0.05, 0) is 31.9 Å². The molecule has 1 unspecified atom stereocenters. The van der Waals surface area contributed by atoms with Crippen LogP contribution in [0, 0.1) is 11.3 Å². The largest absolute Gasteiger partial charge is 0.387 e. The van der Waals surface area contributed by atoms with Gasteiger partial charge in [0.05, 0.1) is 23.9 Å². The number of hydrogen-bond acceptors (Lipinski definition) is 6. The molecular weight excluding hydrogens is 280 g/mol. The molecule has 3 rings (SSSR count). The molecule has 1 aliphatic heterocycles. The van der Waals surface area contributed by atoms with Crippen LogP contribution in [0.3, 0.4) is 0 Å². The lowest BCUT2D eigenvalue weighted by Gasteiger charge is -2.32. The van der Waals surface area contributed by atoms with Crippen LogP contribution in [0.25, 0.3) is 0 Å². The lowest BCUT2D eigenvalue weighted by atomic mass is 10.0. The zero-order valence-electron chi connectivity index (χ0n) is 12.4. The summed E-state index contributed by atoms with van der Waals surface area (Å²) >= 11 is 0. The van der Waals surface area contributed by atoms with Gasteiger partial charge in [-0.2, -0.15) is 5.26 Å². The normalized spacial score (nSPS) is 17.2. The highest BCUT2D eigenvalue weighted by atomic mass is 16.3. The summed E-state index contributed by atoms with van der Waals surface area (Å²) in [5.41, 5.74) is 1.21. The van der Waals surface area contributed by atoms with Gasteiger partial charge in [-0.1, -0.05) is 5.21 Å². The predicted octanol–water partition coefficient (Wildman–Crippen LogP) is 1.44. The quantitative estimate of drug-likeness (QED) is 0.922. The van der Waals surface area contributed by atoms with E-state index in [0.717, 1.165) is 31.7 Å². The van der Waals surface area contributed by atoms with Crippen molar-refractivity contribution in [1.82, 2.24) is 20.0 Å². The van der Waals surface area contributed by atoms with E-state index in [1.807, 2.05) is 10.9 Å². The number of nitriles is 1. The number of anilines is 1. The summed E-state index contributed by atoms with van der Waals surface area (Å²) < 4.78 is 1.84. The van der Waals surface area contributed by atoms with E-state index < -0.39 is 6.10 Å². The van der Waals surface area contributed by atoms with Gasteiger partial charge in [-0.25, -0.2) is 9.67 Å². The van der Waals surface area contributed by atoms with Crippen molar-refractivity contribution in [3.8, 4) is 6.07 Å². The second-order valence-electron chi connectivity index (χ2n) is 5.50. The molecule has 1 aliphatic rings. The molecule has 1 fully saturated rings. The zero-order valence-corrected chi connectivity index (χ0v) is 12.4. The summed E-state index contributed by atoms with van der Waals surface area (Å²) in [6, 6.07) is 6.03. The molecule has 0 radical (unpaired) electrons. The molecule has 1 N–H and O–H groups in total. The van der Waals surface area contributed by atoms with E-state index in [4.69, 9.17) is 0 Å². The Morgan fingerprint density at radius 3 is 2.82 bits per heavy atom. The summed E-state index contributed by atoms with van der Waals surface area (Å²) in [6.07, 6.45) is 4.75. The van der Waals surface area contributed by atoms with Gasteiger partial charge in [0, 0.05) is 19.3 Å². The van der Waals surface area contributed by atoms with Gasteiger partial charge in [-0.15, -0.1) is 5.10 Å². The average Bonchev–Trinajstić information content (AvgIpc) is 3.05. The van der Waals surface area contributed by atoms with Crippen LogP contribution in [0.2, 0.25) is 0 Å². The first kappa shape index (κ1) is 14.5. The number of hydrogen-bond donors (Lipinski definition) is 1. The number of rotatable bonds is 3. The molecule has 0 aliphatic carbocycles. The minimum atomic E-state index is -0.597. The summed E-state index contributed by atoms with van der Waals surface area (Å²) in [4.78, 5) is 6.47. The maximum absolute atomic E-state index is 9.52. The molecule has 1 saturated heterocycles. The van der Waals surface area contributed by atoms with Crippen LogP contribution in [-0.4, -0.2) is 38.2 Å². The van der Waals surface area contributed by atoms with Gasteiger partial charge in [0.2, 0.25) is 0 Å². The molecule has 3 heterocycles. The molecular formula is C15H18N6O. The summed E-state index contributed by atoms with van der Waals surface area (Å²) in [5, 5.41) is 26.8. The van der Waals surface area contributed by atoms with Crippen molar-refractivity contribution >= 4 is 5.82 Å². The van der Waals surface area contributed by atoms with E-state index in [9.17, 15) is 10.4 Å².